The van der Waals surface area contributed by atoms with Gasteiger partial charge in [0.1, 0.15) is 7.05 Å². The van der Waals surface area contributed by atoms with Crippen LogP contribution in [-0.2, 0) is 13.5 Å². The normalized spacial score (nSPS) is 9.75. The first kappa shape index (κ1) is 5.21. The van der Waals surface area contributed by atoms with Gasteiger partial charge in [-0.2, -0.15) is 0 Å². The van der Waals surface area contributed by atoms with Gasteiger partial charge < -0.3 is 0 Å². The van der Waals surface area contributed by atoms with Crippen LogP contribution in [0.1, 0.15) is 12.7 Å². The summed E-state index contributed by atoms with van der Waals surface area (Å²) in [6, 6.07) is 0. The summed E-state index contributed by atoms with van der Waals surface area (Å²) in [5.41, 5.74) is 0. The molecule has 0 aliphatic rings. The van der Waals surface area contributed by atoms with E-state index >= 15 is 0 Å². The van der Waals surface area contributed by atoms with E-state index in [1.807, 2.05) is 14.0 Å². The second-order valence-corrected chi connectivity index (χ2v) is 1.61. The molecule has 0 fully saturated rings. The van der Waals surface area contributed by atoms with Crippen molar-refractivity contribution >= 4 is 0 Å². The molecule has 4 heteroatoms. The molecule has 8 heavy (non-hydrogen) atoms. The van der Waals surface area contributed by atoms with Crippen LogP contribution in [0, 0.1) is 0 Å². The predicted molar refractivity (Wildman–Crippen MR) is 26.9 cm³/mol. The van der Waals surface area contributed by atoms with E-state index in [4.69, 9.17) is 0 Å². The van der Waals surface area contributed by atoms with Gasteiger partial charge in [0.05, 0.1) is 5.10 Å². The molecule has 0 saturated heterocycles. The van der Waals surface area contributed by atoms with Gasteiger partial charge in [0, 0.05) is 6.42 Å². The molecule has 4 nitrogen and oxygen atoms in total. The van der Waals surface area contributed by atoms with Gasteiger partial charge >= 0.3 is 5.82 Å². The molecule has 44 valence electrons. The van der Waals surface area contributed by atoms with Crippen LogP contribution in [0.3, 0.4) is 0 Å². The molecule has 1 aromatic heterocycles. The number of hydrogen-bond acceptors (Lipinski definition) is 2. The highest BCUT2D eigenvalue weighted by atomic mass is 15.6. The standard InChI is InChI=1S/C4H8N4/c1-3-4-5-7-8(2)6-4/h3H2,1-2H3/p+1. The summed E-state index contributed by atoms with van der Waals surface area (Å²) in [6.45, 7) is 2.02. The SMILES string of the molecule is CCc1n[nH][n+](C)n1. The molecular weight excluding hydrogens is 104 g/mol. The van der Waals surface area contributed by atoms with Crippen LogP contribution in [0.4, 0.5) is 0 Å². The maximum atomic E-state index is 3.98. The van der Waals surface area contributed by atoms with Crippen LogP contribution in [0.25, 0.3) is 0 Å². The summed E-state index contributed by atoms with van der Waals surface area (Å²) in [5, 5.41) is 10.5. The van der Waals surface area contributed by atoms with Crippen LogP contribution < -0.4 is 4.80 Å². The average molecular weight is 113 g/mol. The third kappa shape index (κ3) is 0.828. The number of nitrogens with zero attached hydrogens (tertiary/aromatic N) is 3. The third-order valence-corrected chi connectivity index (χ3v) is 0.905. The summed E-state index contributed by atoms with van der Waals surface area (Å²) in [7, 11) is 1.81. The van der Waals surface area contributed by atoms with Crippen LogP contribution in [0.2, 0.25) is 0 Å². The van der Waals surface area contributed by atoms with E-state index < -0.39 is 0 Å². The van der Waals surface area contributed by atoms with Crippen molar-refractivity contribution in [1.29, 1.82) is 0 Å². The predicted octanol–water partition coefficient (Wildman–Crippen LogP) is -0.808. The minimum absolute atomic E-state index is 0.854. The minimum atomic E-state index is 0.854. The second-order valence-electron chi connectivity index (χ2n) is 1.61. The first-order valence-electron chi connectivity index (χ1n) is 2.60. The number of rotatable bonds is 1. The molecule has 0 radical (unpaired) electrons. The first-order valence-corrected chi connectivity index (χ1v) is 2.60. The van der Waals surface area contributed by atoms with Crippen molar-refractivity contribution in [2.45, 2.75) is 13.3 Å². The molecule has 1 rings (SSSR count). The Labute approximate surface area is 47.5 Å². The van der Waals surface area contributed by atoms with Crippen LogP contribution in [0.15, 0.2) is 0 Å². The number of nitrogens with one attached hydrogen (secondary N) is 1. The zero-order valence-electron chi connectivity index (χ0n) is 5.05. The Morgan fingerprint density at radius 3 is 2.75 bits per heavy atom. The highest BCUT2D eigenvalue weighted by molar-refractivity contribution is 4.69. The quantitative estimate of drug-likeness (QED) is 0.484. The van der Waals surface area contributed by atoms with Gasteiger partial charge in [-0.25, -0.2) is 0 Å². The molecule has 0 aliphatic carbocycles. The van der Waals surface area contributed by atoms with Crippen molar-refractivity contribution in [3.63, 3.8) is 0 Å². The van der Waals surface area contributed by atoms with Crippen molar-refractivity contribution in [3.05, 3.63) is 5.82 Å². The smallest absolute Gasteiger partial charge is 0.0652 e. The minimum Gasteiger partial charge on any atom is -0.0652 e. The molecule has 0 spiro atoms. The topological polar surface area (TPSA) is 45.5 Å². The lowest BCUT2D eigenvalue weighted by atomic mass is 10.5. The zero-order chi connectivity index (χ0) is 5.98. The highest BCUT2D eigenvalue weighted by Crippen LogP contribution is 1.78. The van der Waals surface area contributed by atoms with Crippen LogP contribution in [-0.4, -0.2) is 15.4 Å². The number of H-pyrrole nitrogens is 1. The summed E-state index contributed by atoms with van der Waals surface area (Å²) in [5.74, 6) is 0.854. The van der Waals surface area contributed by atoms with E-state index in [9.17, 15) is 0 Å². The van der Waals surface area contributed by atoms with E-state index in [0.29, 0.717) is 0 Å². The average Bonchev–Trinajstić information content (AvgIpc) is 2.14. The molecule has 0 saturated carbocycles. The number of aryl methyl sites for hydroxylation is 2. The van der Waals surface area contributed by atoms with Crippen molar-refractivity contribution in [2.75, 3.05) is 0 Å². The van der Waals surface area contributed by atoms with Crippen LogP contribution in [0.5, 0.6) is 0 Å². The lowest BCUT2D eigenvalue weighted by Gasteiger charge is -1.68. The van der Waals surface area contributed by atoms with Crippen molar-refractivity contribution in [2.24, 2.45) is 7.05 Å². The van der Waals surface area contributed by atoms with Crippen molar-refractivity contribution in [1.82, 2.24) is 15.4 Å². The van der Waals surface area contributed by atoms with Crippen molar-refractivity contribution < 1.29 is 4.80 Å². The van der Waals surface area contributed by atoms with E-state index in [1.54, 1.807) is 4.80 Å². The second kappa shape index (κ2) is 1.90. The number of aromatic amines is 1. The molecule has 0 bridgehead atoms. The Morgan fingerprint density at radius 2 is 2.50 bits per heavy atom. The molecule has 1 N–H and O–H groups in total. The maximum absolute atomic E-state index is 3.98. The third-order valence-electron chi connectivity index (χ3n) is 0.905. The molecular formula is C4H9N4+. The zero-order valence-corrected chi connectivity index (χ0v) is 5.05. The molecule has 0 atom stereocenters. The Bertz CT molecular complexity index is 168. The van der Waals surface area contributed by atoms with Gasteiger partial charge in [0.25, 0.3) is 0 Å². The lowest BCUT2D eigenvalue weighted by Crippen LogP contribution is -2.33. The molecule has 0 aliphatic heterocycles. The molecule has 0 amide bonds. The van der Waals surface area contributed by atoms with E-state index in [-0.39, 0.29) is 0 Å². The Morgan fingerprint density at radius 1 is 1.75 bits per heavy atom. The van der Waals surface area contributed by atoms with Gasteiger partial charge in [-0.05, 0) is 10.3 Å². The van der Waals surface area contributed by atoms with Gasteiger partial charge in [0.15, 0.2) is 0 Å². The van der Waals surface area contributed by atoms with Crippen LogP contribution >= 0.6 is 0 Å². The fourth-order valence-electron chi connectivity index (χ4n) is 0.498. The highest BCUT2D eigenvalue weighted by Gasteiger charge is 2.01. The summed E-state index contributed by atoms with van der Waals surface area (Å²) in [4.78, 5) is 1.58. The summed E-state index contributed by atoms with van der Waals surface area (Å²) < 4.78 is 0. The van der Waals surface area contributed by atoms with Gasteiger partial charge in [-0.15, -0.1) is 0 Å². The molecule has 1 heterocycles. The molecule has 0 unspecified atom stereocenters. The largest absolute Gasteiger partial charge is 0.308 e. The van der Waals surface area contributed by atoms with Gasteiger partial charge in [-0.3, -0.25) is 0 Å². The van der Waals surface area contributed by atoms with Gasteiger partial charge in [0.2, 0.25) is 0 Å². The van der Waals surface area contributed by atoms with E-state index in [2.05, 4.69) is 15.4 Å². The fourth-order valence-corrected chi connectivity index (χ4v) is 0.498. The maximum Gasteiger partial charge on any atom is 0.308 e. The first-order chi connectivity index (χ1) is 3.83. The monoisotopic (exact) mass is 113 g/mol. The number of aromatic nitrogens is 4. The summed E-state index contributed by atoms with van der Waals surface area (Å²) >= 11 is 0. The Hall–Kier alpha value is -0.930. The number of tetrazole rings is 1. The fraction of sp³-hybridized carbons (Fsp3) is 0.750. The number of hydrogen-bond donors (Lipinski definition) is 1. The lowest BCUT2D eigenvalue weighted by molar-refractivity contribution is -0.784. The Kier molecular flexibility index (Phi) is 1.24. The summed E-state index contributed by atoms with van der Waals surface area (Å²) in [6.07, 6.45) is 0.886. The van der Waals surface area contributed by atoms with Crippen molar-refractivity contribution in [3.8, 4) is 0 Å². The van der Waals surface area contributed by atoms with E-state index in [0.717, 1.165) is 12.2 Å². The van der Waals surface area contributed by atoms with Gasteiger partial charge in [-0.1, -0.05) is 11.7 Å². The molecule has 1 aromatic rings. The molecule has 0 aromatic carbocycles. The Balaban J connectivity index is 2.84. The van der Waals surface area contributed by atoms with E-state index in [1.165, 1.54) is 0 Å².